The lowest BCUT2D eigenvalue weighted by Gasteiger charge is -2.42. The molecule has 0 bridgehead atoms. The maximum absolute atomic E-state index is 14.9. The molecule has 2 aliphatic carbocycles. The molecule has 4 unspecified atom stereocenters. The molecule has 0 aromatic heterocycles. The Bertz CT molecular complexity index is 842. The Morgan fingerprint density at radius 3 is 2.42 bits per heavy atom. The van der Waals surface area contributed by atoms with Crippen molar-refractivity contribution in [2.45, 2.75) is 89.9 Å². The first kappa shape index (κ1) is 22.5. The van der Waals surface area contributed by atoms with E-state index in [1.165, 1.54) is 89.2 Å². The van der Waals surface area contributed by atoms with Crippen LogP contribution in [-0.4, -0.2) is 0 Å². The zero-order chi connectivity index (χ0) is 21.6. The highest BCUT2D eigenvalue weighted by Crippen LogP contribution is 2.48. The average Bonchev–Trinajstić information content (AvgIpc) is 2.78. The van der Waals surface area contributed by atoms with Gasteiger partial charge in [-0.25, -0.2) is 8.78 Å². The van der Waals surface area contributed by atoms with Crippen LogP contribution >= 0.6 is 0 Å². The molecule has 0 radical (unpaired) electrons. The van der Waals surface area contributed by atoms with Gasteiger partial charge in [0.05, 0.1) is 0 Å². The Morgan fingerprint density at radius 1 is 0.806 bits per heavy atom. The molecule has 2 aromatic rings. The van der Waals surface area contributed by atoms with Gasteiger partial charge < -0.3 is 0 Å². The Morgan fingerprint density at radius 2 is 1.61 bits per heavy atom. The van der Waals surface area contributed by atoms with Crippen LogP contribution < -0.4 is 0 Å². The van der Waals surface area contributed by atoms with Crippen LogP contribution in [0.15, 0.2) is 42.5 Å². The molecule has 0 nitrogen and oxygen atoms in total. The fourth-order valence-corrected chi connectivity index (χ4v) is 6.26. The van der Waals surface area contributed by atoms with Crippen LogP contribution in [0, 0.1) is 29.4 Å². The summed E-state index contributed by atoms with van der Waals surface area (Å²) in [6, 6.07) is 11.9. The van der Waals surface area contributed by atoms with Crippen molar-refractivity contribution in [3.8, 4) is 11.1 Å². The Kier molecular flexibility index (Phi) is 7.80. The summed E-state index contributed by atoms with van der Waals surface area (Å²) in [6.45, 7) is 2.28. The third-order valence-corrected chi connectivity index (χ3v) is 8.04. The van der Waals surface area contributed by atoms with Gasteiger partial charge in [-0.1, -0.05) is 76.1 Å². The molecule has 31 heavy (non-hydrogen) atoms. The minimum Gasteiger partial charge on any atom is -0.207 e. The van der Waals surface area contributed by atoms with Crippen LogP contribution in [0.4, 0.5) is 8.78 Å². The zero-order valence-electron chi connectivity index (χ0n) is 19.1. The van der Waals surface area contributed by atoms with E-state index in [9.17, 15) is 8.78 Å². The van der Waals surface area contributed by atoms with Crippen molar-refractivity contribution < 1.29 is 8.78 Å². The van der Waals surface area contributed by atoms with Gasteiger partial charge >= 0.3 is 0 Å². The molecule has 0 saturated heterocycles. The normalized spacial score (nSPS) is 25.9. The van der Waals surface area contributed by atoms with Gasteiger partial charge in [0.25, 0.3) is 0 Å². The predicted octanol–water partition coefficient (Wildman–Crippen LogP) is 9.29. The molecular weight excluding hydrogens is 386 g/mol. The van der Waals surface area contributed by atoms with Crippen LogP contribution in [0.2, 0.25) is 0 Å². The van der Waals surface area contributed by atoms with Gasteiger partial charge in [0.15, 0.2) is 0 Å². The molecule has 2 aromatic carbocycles. The van der Waals surface area contributed by atoms with E-state index in [1.54, 1.807) is 18.2 Å². The van der Waals surface area contributed by atoms with Gasteiger partial charge in [-0.05, 0) is 85.1 Å². The monoisotopic (exact) mass is 424 g/mol. The van der Waals surface area contributed by atoms with Gasteiger partial charge in [0.2, 0.25) is 0 Å². The van der Waals surface area contributed by atoms with Crippen molar-refractivity contribution in [1.82, 2.24) is 0 Å². The number of fused-ring (bicyclic) bond motifs is 1. The largest absolute Gasteiger partial charge is 0.207 e. The van der Waals surface area contributed by atoms with Crippen molar-refractivity contribution >= 4 is 0 Å². The van der Waals surface area contributed by atoms with E-state index in [0.717, 1.165) is 23.3 Å². The second kappa shape index (κ2) is 10.7. The highest BCUT2D eigenvalue weighted by molar-refractivity contribution is 5.64. The number of halogens is 2. The van der Waals surface area contributed by atoms with Crippen LogP contribution in [0.3, 0.4) is 0 Å². The first-order chi connectivity index (χ1) is 15.1. The molecule has 2 saturated carbocycles. The summed E-state index contributed by atoms with van der Waals surface area (Å²) < 4.78 is 28.4. The summed E-state index contributed by atoms with van der Waals surface area (Å²) in [5.41, 5.74) is 2.24. The van der Waals surface area contributed by atoms with Crippen molar-refractivity contribution in [1.29, 1.82) is 0 Å². The number of unbranched alkanes of at least 4 members (excludes halogenated alkanes) is 4. The third-order valence-electron chi connectivity index (χ3n) is 8.04. The first-order valence-electron chi connectivity index (χ1n) is 12.7. The molecule has 4 atom stereocenters. The zero-order valence-corrected chi connectivity index (χ0v) is 19.1. The molecule has 0 spiro atoms. The van der Waals surface area contributed by atoms with Crippen LogP contribution in [-0.2, 0) is 0 Å². The summed E-state index contributed by atoms with van der Waals surface area (Å²) in [4.78, 5) is 0. The lowest BCUT2D eigenvalue weighted by atomic mass is 9.63. The number of hydrogen-bond acceptors (Lipinski definition) is 0. The van der Waals surface area contributed by atoms with E-state index >= 15 is 0 Å². The molecule has 0 aliphatic heterocycles. The van der Waals surface area contributed by atoms with Gasteiger partial charge in [-0.3, -0.25) is 0 Å². The molecule has 0 amide bonds. The van der Waals surface area contributed by atoms with E-state index in [4.69, 9.17) is 0 Å². The smallest absolute Gasteiger partial charge is 0.131 e. The minimum atomic E-state index is -0.323. The average molecular weight is 425 g/mol. The molecule has 4 rings (SSSR count). The van der Waals surface area contributed by atoms with E-state index in [2.05, 4.69) is 13.0 Å². The van der Waals surface area contributed by atoms with E-state index in [1.807, 2.05) is 6.07 Å². The number of benzene rings is 2. The highest BCUT2D eigenvalue weighted by atomic mass is 19.1. The quantitative estimate of drug-likeness (QED) is 0.370. The van der Waals surface area contributed by atoms with Crippen molar-refractivity contribution in [3.63, 3.8) is 0 Å². The maximum atomic E-state index is 14.9. The van der Waals surface area contributed by atoms with Crippen LogP contribution in [0.25, 0.3) is 11.1 Å². The van der Waals surface area contributed by atoms with Crippen molar-refractivity contribution in [3.05, 3.63) is 59.7 Å². The van der Waals surface area contributed by atoms with Gasteiger partial charge in [0, 0.05) is 5.56 Å². The first-order valence-corrected chi connectivity index (χ1v) is 12.7. The van der Waals surface area contributed by atoms with Crippen molar-refractivity contribution in [2.24, 2.45) is 17.8 Å². The van der Waals surface area contributed by atoms with Crippen LogP contribution in [0.5, 0.6) is 0 Å². The second-order valence-corrected chi connectivity index (χ2v) is 10.2. The molecule has 168 valence electrons. The molecule has 2 aliphatic rings. The third kappa shape index (κ3) is 5.76. The lowest BCUT2D eigenvalue weighted by molar-refractivity contribution is 0.113. The van der Waals surface area contributed by atoms with Crippen LogP contribution in [0.1, 0.15) is 95.5 Å². The van der Waals surface area contributed by atoms with Crippen molar-refractivity contribution in [2.75, 3.05) is 0 Å². The second-order valence-electron chi connectivity index (χ2n) is 10.2. The molecule has 0 N–H and O–H groups in total. The summed E-state index contributed by atoms with van der Waals surface area (Å²) in [6.07, 6.45) is 16.3. The lowest BCUT2D eigenvalue weighted by Crippen LogP contribution is -2.30. The molecule has 0 heterocycles. The van der Waals surface area contributed by atoms with Gasteiger partial charge in [0.1, 0.15) is 11.6 Å². The van der Waals surface area contributed by atoms with Gasteiger partial charge in [-0.15, -0.1) is 0 Å². The number of rotatable bonds is 8. The number of hydrogen-bond donors (Lipinski definition) is 0. The highest BCUT2D eigenvalue weighted by Gasteiger charge is 2.35. The summed E-state index contributed by atoms with van der Waals surface area (Å²) >= 11 is 0. The van der Waals surface area contributed by atoms with Gasteiger partial charge in [-0.2, -0.15) is 0 Å². The maximum Gasteiger partial charge on any atom is 0.131 e. The molecule has 2 heteroatoms. The topological polar surface area (TPSA) is 0 Å². The summed E-state index contributed by atoms with van der Waals surface area (Å²) in [5.74, 6) is 2.58. The fraction of sp³-hybridized carbons (Fsp3) is 0.586. The summed E-state index contributed by atoms with van der Waals surface area (Å²) in [5, 5.41) is 0. The fourth-order valence-electron chi connectivity index (χ4n) is 6.26. The van der Waals surface area contributed by atoms with E-state index in [-0.39, 0.29) is 11.6 Å². The van der Waals surface area contributed by atoms with E-state index in [0.29, 0.717) is 17.0 Å². The summed E-state index contributed by atoms with van der Waals surface area (Å²) in [7, 11) is 0. The SMILES string of the molecule is CCCCCCCC1CCC2CC(c3ccc(-c4cccc(F)c4)c(F)c3)CCC2C1. The standard InChI is InChI=1S/C29H38F2/c1-2-3-4-5-6-8-21-11-12-23-18-24(14-13-22(23)17-21)25-15-16-28(29(31)20-25)26-9-7-10-27(30)19-26/h7,9-10,15-16,19-24H,2-6,8,11-14,17-18H2,1H3. The predicted molar refractivity (Wildman–Crippen MR) is 126 cm³/mol. The minimum absolute atomic E-state index is 0.225. The molecule has 2 fully saturated rings. The molecular formula is C29H38F2. The van der Waals surface area contributed by atoms with E-state index < -0.39 is 0 Å². The Balaban J connectivity index is 1.32. The Hall–Kier alpha value is -1.70. The Labute approximate surface area is 187 Å².